The number of oxazole rings is 1. The fraction of sp³-hybridized carbons (Fsp3) is 0.133. The Morgan fingerprint density at radius 3 is 2.82 bits per heavy atom. The third-order valence-electron chi connectivity index (χ3n) is 3.15. The number of carbonyl (C=O) groups is 2. The van der Waals surface area contributed by atoms with Crippen LogP contribution in [0, 0.1) is 0 Å². The Labute approximate surface area is 130 Å². The van der Waals surface area contributed by atoms with E-state index in [-0.39, 0.29) is 11.8 Å². The Morgan fingerprint density at radius 1 is 1.36 bits per heavy atom. The Hall–Kier alpha value is -2.60. The van der Waals surface area contributed by atoms with Gasteiger partial charge in [0.1, 0.15) is 0 Å². The van der Waals surface area contributed by atoms with E-state index in [1.54, 1.807) is 25.1 Å². The summed E-state index contributed by atoms with van der Waals surface area (Å²) in [6.07, 6.45) is 2.72. The minimum atomic E-state index is -0.918. The smallest absolute Gasteiger partial charge is 0.397 e. The van der Waals surface area contributed by atoms with Gasteiger partial charge in [0, 0.05) is 17.1 Å². The first-order valence-electron chi connectivity index (χ1n) is 6.54. The highest BCUT2D eigenvalue weighted by molar-refractivity contribution is 6.35. The van der Waals surface area contributed by atoms with Gasteiger partial charge >= 0.3 is 11.9 Å². The number of carbonyl (C=O) groups excluding carboxylic acids is 2. The number of esters is 1. The van der Waals surface area contributed by atoms with Crippen molar-refractivity contribution < 1.29 is 18.7 Å². The number of nitrogens with zero attached hydrogens (tertiary/aromatic N) is 2. The van der Waals surface area contributed by atoms with Crippen LogP contribution in [0.2, 0.25) is 5.15 Å². The van der Waals surface area contributed by atoms with Gasteiger partial charge in [0.2, 0.25) is 0 Å². The summed E-state index contributed by atoms with van der Waals surface area (Å²) < 4.78 is 11.3. The van der Waals surface area contributed by atoms with Crippen molar-refractivity contribution in [1.29, 1.82) is 0 Å². The largest absolute Gasteiger partial charge is 0.459 e. The molecule has 3 aromatic rings. The lowest BCUT2D eigenvalue weighted by Gasteiger charge is -2.02. The maximum absolute atomic E-state index is 12.2. The summed E-state index contributed by atoms with van der Waals surface area (Å²) in [5.41, 5.74) is 1.14. The van der Waals surface area contributed by atoms with Crippen LogP contribution in [-0.2, 0) is 9.53 Å². The van der Waals surface area contributed by atoms with Crippen LogP contribution in [0.5, 0.6) is 0 Å². The Kier molecular flexibility index (Phi) is 3.68. The third kappa shape index (κ3) is 2.27. The van der Waals surface area contributed by atoms with E-state index in [0.29, 0.717) is 16.8 Å². The molecule has 0 amide bonds. The highest BCUT2D eigenvalue weighted by Gasteiger charge is 2.23. The normalized spacial score (nSPS) is 10.8. The standard InChI is InChI=1S/C15H11ClN2O4/c1-2-21-15(20)14(19)18-7-10(12-13(16)17-8-22-12)9-5-3-4-6-11(9)18/h3-8H,2H2,1H3. The molecule has 0 spiro atoms. The summed E-state index contributed by atoms with van der Waals surface area (Å²) in [6, 6.07) is 7.11. The molecule has 0 fully saturated rings. The van der Waals surface area contributed by atoms with Gasteiger partial charge < -0.3 is 9.15 Å². The second-order valence-corrected chi connectivity index (χ2v) is 4.79. The first-order chi connectivity index (χ1) is 10.6. The first kappa shape index (κ1) is 14.3. The molecule has 0 atom stereocenters. The summed E-state index contributed by atoms with van der Waals surface area (Å²) in [5, 5.41) is 0.908. The van der Waals surface area contributed by atoms with Crippen molar-refractivity contribution in [1.82, 2.24) is 9.55 Å². The van der Waals surface area contributed by atoms with E-state index in [4.69, 9.17) is 20.8 Å². The number of ether oxygens (including phenoxy) is 1. The lowest BCUT2D eigenvalue weighted by Crippen LogP contribution is -2.23. The van der Waals surface area contributed by atoms with E-state index in [1.807, 2.05) is 6.07 Å². The quantitative estimate of drug-likeness (QED) is 0.536. The summed E-state index contributed by atoms with van der Waals surface area (Å²) in [6.45, 7) is 1.77. The van der Waals surface area contributed by atoms with Crippen LogP contribution in [-0.4, -0.2) is 28.0 Å². The van der Waals surface area contributed by atoms with Gasteiger partial charge in [-0.15, -0.1) is 0 Å². The van der Waals surface area contributed by atoms with Crippen molar-refractivity contribution in [3.63, 3.8) is 0 Å². The SMILES string of the molecule is CCOC(=O)C(=O)n1cc(-c2ocnc2Cl)c2ccccc21. The molecule has 0 aliphatic carbocycles. The van der Waals surface area contributed by atoms with Crippen LogP contribution in [0.25, 0.3) is 22.2 Å². The molecule has 0 aliphatic heterocycles. The highest BCUT2D eigenvalue weighted by atomic mass is 35.5. The zero-order valence-corrected chi connectivity index (χ0v) is 12.3. The summed E-state index contributed by atoms with van der Waals surface area (Å²) in [7, 11) is 0. The summed E-state index contributed by atoms with van der Waals surface area (Å²) in [5.74, 6) is -1.35. The van der Waals surface area contributed by atoms with Crippen LogP contribution in [0.4, 0.5) is 0 Å². The molecule has 22 heavy (non-hydrogen) atoms. The van der Waals surface area contributed by atoms with E-state index in [9.17, 15) is 9.59 Å². The molecule has 3 rings (SSSR count). The fourth-order valence-electron chi connectivity index (χ4n) is 2.23. The average molecular weight is 319 g/mol. The second-order valence-electron chi connectivity index (χ2n) is 4.43. The molecular weight excluding hydrogens is 308 g/mol. The number of aromatic nitrogens is 2. The van der Waals surface area contributed by atoms with Crippen LogP contribution in [0.3, 0.4) is 0 Å². The maximum atomic E-state index is 12.2. The van der Waals surface area contributed by atoms with Crippen LogP contribution < -0.4 is 0 Å². The number of hydrogen-bond donors (Lipinski definition) is 0. The van der Waals surface area contributed by atoms with Crippen LogP contribution in [0.15, 0.2) is 41.3 Å². The topological polar surface area (TPSA) is 74.3 Å². The molecule has 0 aliphatic rings. The van der Waals surface area contributed by atoms with Gasteiger partial charge in [0.25, 0.3) is 0 Å². The van der Waals surface area contributed by atoms with Crippen molar-refractivity contribution in [2.75, 3.05) is 6.61 Å². The summed E-state index contributed by atoms with van der Waals surface area (Å²) in [4.78, 5) is 27.8. The number of rotatable bonds is 2. The van der Waals surface area contributed by atoms with Gasteiger partial charge in [0.05, 0.1) is 12.1 Å². The van der Waals surface area contributed by atoms with E-state index >= 15 is 0 Å². The van der Waals surface area contributed by atoms with Crippen molar-refractivity contribution >= 4 is 34.4 Å². The van der Waals surface area contributed by atoms with Crippen molar-refractivity contribution in [3.05, 3.63) is 42.0 Å². The fourth-order valence-corrected chi connectivity index (χ4v) is 2.41. The molecule has 6 nitrogen and oxygen atoms in total. The van der Waals surface area contributed by atoms with Gasteiger partial charge in [-0.3, -0.25) is 9.36 Å². The highest BCUT2D eigenvalue weighted by Crippen LogP contribution is 2.34. The lowest BCUT2D eigenvalue weighted by molar-refractivity contribution is -0.138. The molecule has 0 saturated heterocycles. The maximum Gasteiger partial charge on any atom is 0.397 e. The van der Waals surface area contributed by atoms with Crippen molar-refractivity contribution in [3.8, 4) is 11.3 Å². The number of fused-ring (bicyclic) bond motifs is 1. The van der Waals surface area contributed by atoms with E-state index in [2.05, 4.69) is 4.98 Å². The van der Waals surface area contributed by atoms with E-state index in [0.717, 1.165) is 5.39 Å². The number of benzene rings is 1. The number of para-hydroxylation sites is 1. The molecular formula is C15H11ClN2O4. The van der Waals surface area contributed by atoms with Gasteiger partial charge in [0.15, 0.2) is 17.3 Å². The van der Waals surface area contributed by atoms with Crippen LogP contribution >= 0.6 is 11.6 Å². The predicted molar refractivity (Wildman–Crippen MR) is 79.7 cm³/mol. The molecule has 1 aromatic carbocycles. The number of halogens is 1. The predicted octanol–water partition coefficient (Wildman–Crippen LogP) is 3.15. The Morgan fingerprint density at radius 2 is 2.14 bits per heavy atom. The van der Waals surface area contributed by atoms with Crippen LogP contribution in [0.1, 0.15) is 11.7 Å². The molecule has 0 bridgehead atoms. The second kappa shape index (κ2) is 5.65. The Balaban J connectivity index is 2.19. The molecule has 0 N–H and O–H groups in total. The van der Waals surface area contributed by atoms with Gasteiger partial charge in [-0.2, -0.15) is 0 Å². The average Bonchev–Trinajstić information content (AvgIpc) is 3.10. The molecule has 2 aromatic heterocycles. The van der Waals surface area contributed by atoms with E-state index in [1.165, 1.54) is 17.2 Å². The zero-order chi connectivity index (χ0) is 15.7. The Bertz CT molecular complexity index is 865. The van der Waals surface area contributed by atoms with E-state index < -0.39 is 11.9 Å². The van der Waals surface area contributed by atoms with Gasteiger partial charge in [-0.1, -0.05) is 29.8 Å². The third-order valence-corrected chi connectivity index (χ3v) is 3.42. The van der Waals surface area contributed by atoms with Gasteiger partial charge in [-0.25, -0.2) is 9.78 Å². The zero-order valence-electron chi connectivity index (χ0n) is 11.6. The minimum absolute atomic E-state index is 0.130. The molecule has 7 heteroatoms. The molecule has 0 radical (unpaired) electrons. The molecule has 112 valence electrons. The minimum Gasteiger partial charge on any atom is -0.459 e. The first-order valence-corrected chi connectivity index (χ1v) is 6.92. The lowest BCUT2D eigenvalue weighted by atomic mass is 10.1. The van der Waals surface area contributed by atoms with Gasteiger partial charge in [-0.05, 0) is 13.0 Å². The monoisotopic (exact) mass is 318 g/mol. The summed E-state index contributed by atoms with van der Waals surface area (Å²) >= 11 is 5.99. The number of hydrogen-bond acceptors (Lipinski definition) is 5. The van der Waals surface area contributed by atoms with Crippen molar-refractivity contribution in [2.45, 2.75) is 6.92 Å². The molecule has 2 heterocycles. The van der Waals surface area contributed by atoms with Crippen molar-refractivity contribution in [2.24, 2.45) is 0 Å². The molecule has 0 saturated carbocycles. The molecule has 0 unspecified atom stereocenters.